The molecular weight excluding hydrogens is 210 g/mol. The maximum absolute atomic E-state index is 2.62. The summed E-state index contributed by atoms with van der Waals surface area (Å²) in [5.74, 6) is 0.772. The molecule has 0 atom stereocenters. The molecule has 0 fully saturated rings. The Kier molecular flexibility index (Phi) is 9.79. The second-order valence-corrected chi connectivity index (χ2v) is 6.01. The summed E-state index contributed by atoms with van der Waals surface area (Å²) in [6.45, 7) is 10.7. The van der Waals surface area contributed by atoms with Crippen molar-refractivity contribution in [2.45, 2.75) is 26.7 Å². The minimum absolute atomic E-state index is 0.772. The fraction of sp³-hybridized carbons (Fsp3) is 1.00. The third-order valence-corrected chi connectivity index (χ3v) is 2.78. The lowest BCUT2D eigenvalue weighted by atomic mass is 10.2. The van der Waals surface area contributed by atoms with Crippen molar-refractivity contribution in [3.63, 3.8) is 0 Å². The van der Waals surface area contributed by atoms with E-state index in [9.17, 15) is 0 Å². The highest BCUT2D eigenvalue weighted by atomic mass is 15.1. The highest BCUT2D eigenvalue weighted by Crippen LogP contribution is 2.02. The molecule has 0 spiro atoms. The molecular formula is C14H33N3. The van der Waals surface area contributed by atoms with Crippen LogP contribution in [0.2, 0.25) is 0 Å². The number of rotatable bonds is 10. The number of hydrogen-bond donors (Lipinski definition) is 0. The molecule has 0 bridgehead atoms. The van der Waals surface area contributed by atoms with E-state index < -0.39 is 0 Å². The second kappa shape index (κ2) is 9.86. The Morgan fingerprint density at radius 3 is 1.41 bits per heavy atom. The van der Waals surface area contributed by atoms with Gasteiger partial charge in [0.1, 0.15) is 0 Å². The molecule has 3 heteroatoms. The minimum atomic E-state index is 0.772. The van der Waals surface area contributed by atoms with E-state index in [1.165, 1.54) is 45.6 Å². The predicted molar refractivity (Wildman–Crippen MR) is 77.6 cm³/mol. The van der Waals surface area contributed by atoms with E-state index in [0.717, 1.165) is 5.92 Å². The Balaban J connectivity index is 3.79. The first-order valence-electron chi connectivity index (χ1n) is 6.93. The van der Waals surface area contributed by atoms with Crippen molar-refractivity contribution in [2.75, 3.05) is 60.9 Å². The van der Waals surface area contributed by atoms with Gasteiger partial charge in [-0.3, -0.25) is 0 Å². The van der Waals surface area contributed by atoms with E-state index in [2.05, 4.69) is 56.7 Å². The summed E-state index contributed by atoms with van der Waals surface area (Å²) in [5.41, 5.74) is 0. The first-order chi connectivity index (χ1) is 7.91. The van der Waals surface area contributed by atoms with Crippen molar-refractivity contribution in [2.24, 2.45) is 5.92 Å². The fourth-order valence-electron chi connectivity index (χ4n) is 2.03. The van der Waals surface area contributed by atoms with Gasteiger partial charge >= 0.3 is 0 Å². The van der Waals surface area contributed by atoms with Crippen molar-refractivity contribution in [3.8, 4) is 0 Å². The van der Waals surface area contributed by atoms with Crippen molar-refractivity contribution in [1.29, 1.82) is 0 Å². The Hall–Kier alpha value is -0.120. The Morgan fingerprint density at radius 1 is 0.706 bits per heavy atom. The highest BCUT2D eigenvalue weighted by Gasteiger charge is 2.07. The summed E-state index contributed by atoms with van der Waals surface area (Å²) in [4.78, 5) is 7.17. The summed E-state index contributed by atoms with van der Waals surface area (Å²) >= 11 is 0. The van der Waals surface area contributed by atoms with Gasteiger partial charge in [0.05, 0.1) is 0 Å². The molecule has 3 nitrogen and oxygen atoms in total. The maximum Gasteiger partial charge on any atom is 0.000440 e. The summed E-state index contributed by atoms with van der Waals surface area (Å²) in [7, 11) is 8.61. The molecule has 0 rings (SSSR count). The first-order valence-corrected chi connectivity index (χ1v) is 6.93. The lowest BCUT2D eigenvalue weighted by Crippen LogP contribution is -2.33. The molecule has 0 N–H and O–H groups in total. The van der Waals surface area contributed by atoms with Gasteiger partial charge in [0.2, 0.25) is 0 Å². The van der Waals surface area contributed by atoms with Crippen LogP contribution in [0, 0.1) is 5.92 Å². The van der Waals surface area contributed by atoms with Crippen molar-refractivity contribution < 1.29 is 0 Å². The molecule has 0 heterocycles. The molecule has 0 amide bonds. The van der Waals surface area contributed by atoms with Crippen LogP contribution in [0.3, 0.4) is 0 Å². The number of hydrogen-bond acceptors (Lipinski definition) is 3. The van der Waals surface area contributed by atoms with Crippen LogP contribution in [-0.2, 0) is 0 Å². The first kappa shape index (κ1) is 16.9. The Labute approximate surface area is 109 Å². The van der Waals surface area contributed by atoms with E-state index >= 15 is 0 Å². The summed E-state index contributed by atoms with van der Waals surface area (Å²) in [6.07, 6.45) is 2.56. The molecule has 104 valence electrons. The van der Waals surface area contributed by atoms with Gasteiger partial charge < -0.3 is 14.7 Å². The van der Waals surface area contributed by atoms with E-state index in [4.69, 9.17) is 0 Å². The molecule has 17 heavy (non-hydrogen) atoms. The molecule has 0 aromatic rings. The van der Waals surface area contributed by atoms with E-state index in [1.54, 1.807) is 0 Å². The van der Waals surface area contributed by atoms with Crippen LogP contribution < -0.4 is 0 Å². The van der Waals surface area contributed by atoms with Crippen molar-refractivity contribution >= 4 is 0 Å². The SMILES string of the molecule is CC(C)CN(CCCN(C)C)CCCN(C)C. The largest absolute Gasteiger partial charge is 0.309 e. The van der Waals surface area contributed by atoms with Crippen molar-refractivity contribution in [3.05, 3.63) is 0 Å². The van der Waals surface area contributed by atoms with Crippen LogP contribution in [0.1, 0.15) is 26.7 Å². The van der Waals surface area contributed by atoms with E-state index in [1.807, 2.05) is 0 Å². The van der Waals surface area contributed by atoms with Gasteiger partial charge in [0.15, 0.2) is 0 Å². The van der Waals surface area contributed by atoms with Crippen LogP contribution in [0.4, 0.5) is 0 Å². The number of nitrogens with zero attached hydrogens (tertiary/aromatic N) is 3. The molecule has 0 saturated heterocycles. The monoisotopic (exact) mass is 243 g/mol. The molecule has 0 aliphatic carbocycles. The summed E-state index contributed by atoms with van der Waals surface area (Å²) in [6, 6.07) is 0. The highest BCUT2D eigenvalue weighted by molar-refractivity contribution is 4.62. The van der Waals surface area contributed by atoms with Gasteiger partial charge in [-0.2, -0.15) is 0 Å². The normalized spacial score (nSPS) is 12.4. The van der Waals surface area contributed by atoms with Crippen LogP contribution in [0.15, 0.2) is 0 Å². The third kappa shape index (κ3) is 12.1. The van der Waals surface area contributed by atoms with Crippen LogP contribution in [0.25, 0.3) is 0 Å². The Morgan fingerprint density at radius 2 is 1.12 bits per heavy atom. The Bertz CT molecular complexity index is 153. The lowest BCUT2D eigenvalue weighted by molar-refractivity contribution is 0.219. The van der Waals surface area contributed by atoms with Gasteiger partial charge in [-0.15, -0.1) is 0 Å². The second-order valence-electron chi connectivity index (χ2n) is 6.01. The quantitative estimate of drug-likeness (QED) is 0.580. The standard InChI is InChI=1S/C14H33N3/c1-14(2)13-17(11-7-9-15(3)4)12-8-10-16(5)6/h14H,7-13H2,1-6H3. The molecule has 0 aromatic heterocycles. The summed E-state index contributed by atoms with van der Waals surface area (Å²) in [5, 5.41) is 0. The third-order valence-electron chi connectivity index (χ3n) is 2.78. The van der Waals surface area contributed by atoms with E-state index in [0.29, 0.717) is 0 Å². The lowest BCUT2D eigenvalue weighted by Gasteiger charge is -2.25. The average Bonchev–Trinajstić information content (AvgIpc) is 2.15. The van der Waals surface area contributed by atoms with Gasteiger partial charge in [-0.25, -0.2) is 0 Å². The van der Waals surface area contributed by atoms with Crippen LogP contribution >= 0.6 is 0 Å². The minimum Gasteiger partial charge on any atom is -0.309 e. The molecule has 0 aromatic carbocycles. The molecule has 0 radical (unpaired) electrons. The van der Waals surface area contributed by atoms with Gasteiger partial charge in [0, 0.05) is 6.54 Å². The van der Waals surface area contributed by atoms with Crippen LogP contribution in [-0.4, -0.2) is 75.6 Å². The average molecular weight is 243 g/mol. The van der Waals surface area contributed by atoms with Crippen LogP contribution in [0.5, 0.6) is 0 Å². The van der Waals surface area contributed by atoms with Crippen molar-refractivity contribution in [1.82, 2.24) is 14.7 Å². The smallest absolute Gasteiger partial charge is 0.000440 e. The van der Waals surface area contributed by atoms with Gasteiger partial charge in [0.25, 0.3) is 0 Å². The van der Waals surface area contributed by atoms with Gasteiger partial charge in [-0.1, -0.05) is 13.8 Å². The molecule has 0 unspecified atom stereocenters. The predicted octanol–water partition coefficient (Wildman–Crippen LogP) is 1.85. The zero-order chi connectivity index (χ0) is 13.3. The fourth-order valence-corrected chi connectivity index (χ4v) is 2.03. The molecule has 0 saturated carbocycles. The summed E-state index contributed by atoms with van der Waals surface area (Å²) < 4.78 is 0. The zero-order valence-corrected chi connectivity index (χ0v) is 12.9. The van der Waals surface area contributed by atoms with Gasteiger partial charge in [-0.05, 0) is 73.1 Å². The molecule has 0 aliphatic heterocycles. The molecule has 0 aliphatic rings. The topological polar surface area (TPSA) is 9.72 Å². The van der Waals surface area contributed by atoms with E-state index in [-0.39, 0.29) is 0 Å². The maximum atomic E-state index is 2.62. The zero-order valence-electron chi connectivity index (χ0n) is 12.9.